The van der Waals surface area contributed by atoms with Gasteiger partial charge < -0.3 is 20.2 Å². The molecule has 0 bridgehead atoms. The van der Waals surface area contributed by atoms with E-state index in [4.69, 9.17) is 4.42 Å². The molecule has 6 heteroatoms. The van der Waals surface area contributed by atoms with E-state index >= 15 is 0 Å². The third-order valence-corrected chi connectivity index (χ3v) is 4.15. The van der Waals surface area contributed by atoms with E-state index in [1.54, 1.807) is 25.3 Å². The molecule has 1 unspecified atom stereocenters. The first-order valence-corrected chi connectivity index (χ1v) is 9.32. The normalized spacial score (nSPS) is 15.0. The maximum absolute atomic E-state index is 10.5. The summed E-state index contributed by atoms with van der Waals surface area (Å²) >= 11 is 0. The van der Waals surface area contributed by atoms with Gasteiger partial charge in [0.25, 0.3) is 0 Å². The maximum Gasteiger partial charge on any atom is 0.191 e. The molecule has 0 saturated carbocycles. The van der Waals surface area contributed by atoms with Crippen molar-refractivity contribution in [2.75, 3.05) is 26.2 Å². The Labute approximate surface area is 152 Å². The molecule has 1 aromatic rings. The second kappa shape index (κ2) is 10.5. The van der Waals surface area contributed by atoms with Crippen molar-refractivity contribution in [2.45, 2.75) is 65.6 Å². The van der Waals surface area contributed by atoms with Gasteiger partial charge in [-0.05, 0) is 60.1 Å². The zero-order chi connectivity index (χ0) is 18.9. The summed E-state index contributed by atoms with van der Waals surface area (Å²) in [6, 6.07) is 4.63. The molecule has 1 atom stereocenters. The third kappa shape index (κ3) is 7.48. The van der Waals surface area contributed by atoms with Gasteiger partial charge >= 0.3 is 0 Å². The monoisotopic (exact) mass is 352 g/mol. The summed E-state index contributed by atoms with van der Waals surface area (Å²) in [5.41, 5.74) is -1.11. The van der Waals surface area contributed by atoms with Crippen LogP contribution in [0.25, 0.3) is 0 Å². The number of furan rings is 1. The Bertz CT molecular complexity index is 488. The minimum absolute atomic E-state index is 0.236. The summed E-state index contributed by atoms with van der Waals surface area (Å²) in [6.45, 7) is 15.6. The van der Waals surface area contributed by atoms with Gasteiger partial charge in [0.2, 0.25) is 0 Å². The highest BCUT2D eigenvalue weighted by Gasteiger charge is 2.26. The van der Waals surface area contributed by atoms with Crippen molar-refractivity contribution in [2.24, 2.45) is 4.99 Å². The smallest absolute Gasteiger partial charge is 0.191 e. The van der Waals surface area contributed by atoms with E-state index in [0.29, 0.717) is 17.8 Å². The average Bonchev–Trinajstić information content (AvgIpc) is 3.06. The molecule has 6 nitrogen and oxygen atoms in total. The Morgan fingerprint density at radius 3 is 2.48 bits per heavy atom. The standard InChI is InChI=1S/C19H36N4O2/c1-7-20-18(21-11-9-12-23(15(2)3)16(4)5)22-14-19(6,24)17-10-8-13-25-17/h8,10,13,15-16,24H,7,9,11-12,14H2,1-6H3,(H2,20,21,22). The van der Waals surface area contributed by atoms with Crippen LogP contribution in [-0.2, 0) is 5.60 Å². The van der Waals surface area contributed by atoms with E-state index in [0.717, 1.165) is 32.0 Å². The fourth-order valence-corrected chi connectivity index (χ4v) is 2.82. The molecule has 0 aliphatic rings. The molecule has 0 amide bonds. The maximum atomic E-state index is 10.5. The molecule has 0 aliphatic heterocycles. The predicted octanol–water partition coefficient (Wildman–Crippen LogP) is 2.55. The molecule has 0 fully saturated rings. The highest BCUT2D eigenvalue weighted by molar-refractivity contribution is 5.79. The van der Waals surface area contributed by atoms with Crippen LogP contribution in [0.2, 0.25) is 0 Å². The number of nitrogens with zero attached hydrogens (tertiary/aromatic N) is 2. The first kappa shape index (κ1) is 21.5. The molecule has 0 saturated heterocycles. The van der Waals surface area contributed by atoms with Crippen LogP contribution >= 0.6 is 0 Å². The SMILES string of the molecule is CCNC(=NCC(C)(O)c1ccco1)NCCCN(C(C)C)C(C)C. The Morgan fingerprint density at radius 1 is 1.28 bits per heavy atom. The van der Waals surface area contributed by atoms with Crippen molar-refractivity contribution >= 4 is 5.96 Å². The fourth-order valence-electron chi connectivity index (χ4n) is 2.82. The van der Waals surface area contributed by atoms with E-state index in [1.807, 2.05) is 6.92 Å². The van der Waals surface area contributed by atoms with Crippen molar-refractivity contribution in [3.05, 3.63) is 24.2 Å². The molecule has 0 radical (unpaired) electrons. The van der Waals surface area contributed by atoms with Gasteiger partial charge in [0, 0.05) is 31.7 Å². The molecule has 1 heterocycles. The zero-order valence-corrected chi connectivity index (χ0v) is 16.7. The highest BCUT2D eigenvalue weighted by atomic mass is 16.4. The van der Waals surface area contributed by atoms with Crippen LogP contribution in [0.15, 0.2) is 27.8 Å². The summed E-state index contributed by atoms with van der Waals surface area (Å²) < 4.78 is 5.29. The minimum Gasteiger partial charge on any atom is -0.466 e. The first-order chi connectivity index (χ1) is 11.8. The predicted molar refractivity (Wildman–Crippen MR) is 104 cm³/mol. The molecular formula is C19H36N4O2. The van der Waals surface area contributed by atoms with Crippen molar-refractivity contribution < 1.29 is 9.52 Å². The van der Waals surface area contributed by atoms with Gasteiger partial charge in [-0.1, -0.05) is 0 Å². The second-order valence-corrected chi connectivity index (χ2v) is 7.15. The van der Waals surface area contributed by atoms with Crippen molar-refractivity contribution in [3.63, 3.8) is 0 Å². The summed E-state index contributed by atoms with van der Waals surface area (Å²) in [5.74, 6) is 1.24. The summed E-state index contributed by atoms with van der Waals surface area (Å²) in [5, 5.41) is 17.1. The van der Waals surface area contributed by atoms with Crippen molar-refractivity contribution in [1.29, 1.82) is 0 Å². The van der Waals surface area contributed by atoms with Gasteiger partial charge in [0.05, 0.1) is 12.8 Å². The first-order valence-electron chi connectivity index (χ1n) is 9.32. The number of aliphatic hydroxyl groups is 1. The van der Waals surface area contributed by atoms with Crippen LogP contribution in [-0.4, -0.2) is 54.2 Å². The van der Waals surface area contributed by atoms with Crippen molar-refractivity contribution in [3.8, 4) is 0 Å². The Morgan fingerprint density at radius 2 is 1.96 bits per heavy atom. The highest BCUT2D eigenvalue weighted by Crippen LogP contribution is 2.20. The summed E-state index contributed by atoms with van der Waals surface area (Å²) in [6.07, 6.45) is 2.60. The van der Waals surface area contributed by atoms with Gasteiger partial charge in [0.15, 0.2) is 5.96 Å². The lowest BCUT2D eigenvalue weighted by Gasteiger charge is -2.30. The van der Waals surface area contributed by atoms with Gasteiger partial charge in [0.1, 0.15) is 11.4 Å². The van der Waals surface area contributed by atoms with Crippen LogP contribution < -0.4 is 10.6 Å². The van der Waals surface area contributed by atoms with Crippen LogP contribution in [0.5, 0.6) is 0 Å². The lowest BCUT2D eigenvalue weighted by molar-refractivity contribution is 0.0437. The number of hydrogen-bond donors (Lipinski definition) is 3. The molecular weight excluding hydrogens is 316 g/mol. The molecule has 1 rings (SSSR count). The van der Waals surface area contributed by atoms with E-state index in [2.05, 4.69) is 48.2 Å². The molecule has 1 aromatic heterocycles. The lowest BCUT2D eigenvalue weighted by atomic mass is 10.0. The topological polar surface area (TPSA) is 73.0 Å². The minimum atomic E-state index is -1.11. The number of guanidine groups is 1. The van der Waals surface area contributed by atoms with Gasteiger partial charge in [-0.2, -0.15) is 0 Å². The van der Waals surface area contributed by atoms with Crippen LogP contribution in [0.1, 0.15) is 53.7 Å². The Kier molecular flexibility index (Phi) is 9.00. The summed E-state index contributed by atoms with van der Waals surface area (Å²) in [7, 11) is 0. The van der Waals surface area contributed by atoms with Crippen LogP contribution in [0, 0.1) is 0 Å². The van der Waals surface area contributed by atoms with Crippen LogP contribution in [0.3, 0.4) is 0 Å². The van der Waals surface area contributed by atoms with E-state index in [-0.39, 0.29) is 6.54 Å². The number of aliphatic imine (C=N–C) groups is 1. The quantitative estimate of drug-likeness (QED) is 0.343. The number of rotatable bonds is 10. The molecule has 144 valence electrons. The Balaban J connectivity index is 2.51. The number of hydrogen-bond acceptors (Lipinski definition) is 4. The molecule has 0 spiro atoms. The van der Waals surface area contributed by atoms with Crippen LogP contribution in [0.4, 0.5) is 0 Å². The van der Waals surface area contributed by atoms with Crippen molar-refractivity contribution in [1.82, 2.24) is 15.5 Å². The van der Waals surface area contributed by atoms with Gasteiger partial charge in [-0.3, -0.25) is 4.90 Å². The van der Waals surface area contributed by atoms with E-state index in [9.17, 15) is 5.11 Å². The fraction of sp³-hybridized carbons (Fsp3) is 0.737. The molecule has 0 aromatic carbocycles. The third-order valence-electron chi connectivity index (χ3n) is 4.15. The second-order valence-electron chi connectivity index (χ2n) is 7.15. The van der Waals surface area contributed by atoms with Gasteiger partial charge in [-0.25, -0.2) is 4.99 Å². The largest absolute Gasteiger partial charge is 0.466 e. The molecule has 3 N–H and O–H groups in total. The van der Waals surface area contributed by atoms with E-state index in [1.165, 1.54) is 0 Å². The van der Waals surface area contributed by atoms with Gasteiger partial charge in [-0.15, -0.1) is 0 Å². The lowest BCUT2D eigenvalue weighted by Crippen LogP contribution is -2.42. The summed E-state index contributed by atoms with van der Waals surface area (Å²) in [4.78, 5) is 6.98. The van der Waals surface area contributed by atoms with E-state index < -0.39 is 5.60 Å². The average molecular weight is 353 g/mol. The molecule has 25 heavy (non-hydrogen) atoms. The zero-order valence-electron chi connectivity index (χ0n) is 16.7. The number of nitrogens with one attached hydrogen (secondary N) is 2. The Hall–Kier alpha value is -1.53. The molecule has 0 aliphatic carbocycles.